The van der Waals surface area contributed by atoms with Crippen LogP contribution in [0.25, 0.3) is 0 Å². The van der Waals surface area contributed by atoms with E-state index in [0.717, 1.165) is 50.3 Å². The largest absolute Gasteiger partial charge is 0.459 e. The van der Waals surface area contributed by atoms with Gasteiger partial charge in [-0.2, -0.15) is 0 Å². The predicted octanol–water partition coefficient (Wildman–Crippen LogP) is 4.24. The maximum absolute atomic E-state index is 12.4. The molecule has 0 spiro atoms. The number of amides is 1. The summed E-state index contributed by atoms with van der Waals surface area (Å²) in [4.78, 5) is 44.9. The molecule has 3 rings (SSSR count). The van der Waals surface area contributed by atoms with Gasteiger partial charge in [0.1, 0.15) is 6.10 Å². The van der Waals surface area contributed by atoms with Gasteiger partial charge in [0, 0.05) is 17.8 Å². The number of carbonyl (C=O) groups is 2. The molecule has 0 atom stereocenters. The van der Waals surface area contributed by atoms with Crippen molar-refractivity contribution in [3.63, 3.8) is 0 Å². The maximum atomic E-state index is 12.4. The zero-order chi connectivity index (χ0) is 21.7. The predicted molar refractivity (Wildman–Crippen MR) is 106 cm³/mol. The highest BCUT2D eigenvalue weighted by atomic mass is 16.6. The number of nitrogens with one attached hydrogen (secondary N) is 1. The Morgan fingerprint density at radius 1 is 0.867 bits per heavy atom. The third-order valence-corrected chi connectivity index (χ3v) is 4.79. The van der Waals surface area contributed by atoms with Crippen LogP contribution in [-0.4, -0.2) is 27.8 Å². The summed E-state index contributed by atoms with van der Waals surface area (Å²) in [5.41, 5.74) is -0.685. The smallest absolute Gasteiger partial charge is 0.338 e. The van der Waals surface area contributed by atoms with Crippen LogP contribution in [0.1, 0.15) is 52.8 Å². The number of nitro groups is 2. The molecule has 0 aliphatic heterocycles. The topological polar surface area (TPSA) is 142 Å². The van der Waals surface area contributed by atoms with Crippen LogP contribution in [0.15, 0.2) is 42.5 Å². The standard InChI is InChI=1S/C20H19N3O7/c24-19(14-10-16(22(26)27)12-17(11-14)23(28)29)21-15-8-6-13(7-9-15)20(25)30-18-4-2-1-3-5-18/h6-12,18H,1-5H2,(H,21,24). The molecule has 10 nitrogen and oxygen atoms in total. The van der Waals surface area contributed by atoms with Crippen LogP contribution in [0, 0.1) is 20.2 Å². The first-order valence-electron chi connectivity index (χ1n) is 9.40. The summed E-state index contributed by atoms with van der Waals surface area (Å²) in [5.74, 6) is -1.19. The average molecular weight is 413 g/mol. The lowest BCUT2D eigenvalue weighted by molar-refractivity contribution is -0.394. The molecule has 1 saturated carbocycles. The summed E-state index contributed by atoms with van der Waals surface area (Å²) in [6.45, 7) is 0. The molecule has 0 heterocycles. The Bertz CT molecular complexity index is 950. The van der Waals surface area contributed by atoms with Gasteiger partial charge in [0.2, 0.25) is 0 Å². The fourth-order valence-corrected chi connectivity index (χ4v) is 3.23. The molecule has 156 valence electrons. The molecular weight excluding hydrogens is 394 g/mol. The Labute approximate surface area is 171 Å². The van der Waals surface area contributed by atoms with Gasteiger partial charge < -0.3 is 10.1 Å². The summed E-state index contributed by atoms with van der Waals surface area (Å²) in [6, 6.07) is 8.66. The van der Waals surface area contributed by atoms with Crippen LogP contribution in [0.2, 0.25) is 0 Å². The van der Waals surface area contributed by atoms with Crippen molar-refractivity contribution in [1.29, 1.82) is 0 Å². The molecule has 1 fully saturated rings. The molecule has 1 aliphatic rings. The number of ether oxygens (including phenoxy) is 1. The fraction of sp³-hybridized carbons (Fsp3) is 0.300. The van der Waals surface area contributed by atoms with E-state index in [-0.39, 0.29) is 11.7 Å². The Balaban J connectivity index is 1.69. The molecule has 1 N–H and O–H groups in total. The van der Waals surface area contributed by atoms with Gasteiger partial charge >= 0.3 is 5.97 Å². The van der Waals surface area contributed by atoms with E-state index in [1.165, 1.54) is 24.3 Å². The zero-order valence-corrected chi connectivity index (χ0v) is 15.9. The van der Waals surface area contributed by atoms with Crippen molar-refractivity contribution < 1.29 is 24.2 Å². The van der Waals surface area contributed by atoms with Gasteiger partial charge in [0.25, 0.3) is 17.3 Å². The second kappa shape index (κ2) is 9.12. The lowest BCUT2D eigenvalue weighted by Crippen LogP contribution is -2.21. The average Bonchev–Trinajstić information content (AvgIpc) is 2.74. The van der Waals surface area contributed by atoms with Gasteiger partial charge in [-0.15, -0.1) is 0 Å². The van der Waals surface area contributed by atoms with Crippen molar-refractivity contribution in [2.45, 2.75) is 38.2 Å². The molecule has 1 aliphatic carbocycles. The molecule has 2 aromatic carbocycles. The van der Waals surface area contributed by atoms with Crippen LogP contribution in [0.4, 0.5) is 17.1 Å². The molecule has 0 bridgehead atoms. The number of benzene rings is 2. The minimum absolute atomic E-state index is 0.0738. The van der Waals surface area contributed by atoms with E-state index >= 15 is 0 Å². The van der Waals surface area contributed by atoms with Gasteiger partial charge in [-0.25, -0.2) is 4.79 Å². The second-order valence-corrected chi connectivity index (χ2v) is 6.95. The normalized spacial score (nSPS) is 14.0. The van der Waals surface area contributed by atoms with Gasteiger partial charge in [0.05, 0.1) is 27.0 Å². The van der Waals surface area contributed by atoms with E-state index in [2.05, 4.69) is 5.32 Å². The van der Waals surface area contributed by atoms with E-state index in [9.17, 15) is 29.8 Å². The van der Waals surface area contributed by atoms with Crippen LogP contribution in [0.3, 0.4) is 0 Å². The summed E-state index contributed by atoms with van der Waals surface area (Å²) < 4.78 is 5.48. The van der Waals surface area contributed by atoms with E-state index in [1.807, 2.05) is 0 Å². The quantitative estimate of drug-likeness (QED) is 0.424. The first kappa shape index (κ1) is 20.9. The number of anilines is 1. The molecule has 0 saturated heterocycles. The van der Waals surface area contributed by atoms with Crippen molar-refractivity contribution in [2.24, 2.45) is 0 Å². The lowest BCUT2D eigenvalue weighted by atomic mass is 9.98. The number of nitrogens with zero attached hydrogens (tertiary/aromatic N) is 2. The van der Waals surface area contributed by atoms with Crippen molar-refractivity contribution in [2.75, 3.05) is 5.32 Å². The van der Waals surface area contributed by atoms with Crippen molar-refractivity contribution in [1.82, 2.24) is 0 Å². The summed E-state index contributed by atoms with van der Waals surface area (Å²) >= 11 is 0. The minimum Gasteiger partial charge on any atom is -0.459 e. The molecule has 30 heavy (non-hydrogen) atoms. The van der Waals surface area contributed by atoms with Crippen LogP contribution in [-0.2, 0) is 4.74 Å². The number of hydrogen-bond donors (Lipinski definition) is 1. The monoisotopic (exact) mass is 413 g/mol. The van der Waals surface area contributed by atoms with Crippen molar-refractivity contribution in [3.05, 3.63) is 73.8 Å². The summed E-state index contributed by atoms with van der Waals surface area (Å²) in [5, 5.41) is 24.4. The zero-order valence-electron chi connectivity index (χ0n) is 15.9. The van der Waals surface area contributed by atoms with Crippen LogP contribution in [0.5, 0.6) is 0 Å². The maximum Gasteiger partial charge on any atom is 0.338 e. The molecular formula is C20H19N3O7. The van der Waals surface area contributed by atoms with Crippen LogP contribution < -0.4 is 5.32 Å². The number of hydrogen-bond acceptors (Lipinski definition) is 7. The Morgan fingerprint density at radius 2 is 1.43 bits per heavy atom. The highest BCUT2D eigenvalue weighted by Gasteiger charge is 2.21. The third-order valence-electron chi connectivity index (χ3n) is 4.79. The number of non-ortho nitro benzene ring substituents is 2. The van der Waals surface area contributed by atoms with E-state index < -0.39 is 33.1 Å². The highest BCUT2D eigenvalue weighted by molar-refractivity contribution is 6.05. The van der Waals surface area contributed by atoms with Gasteiger partial charge in [-0.3, -0.25) is 25.0 Å². The van der Waals surface area contributed by atoms with Gasteiger partial charge in [-0.1, -0.05) is 6.42 Å². The Hall–Kier alpha value is -3.82. The van der Waals surface area contributed by atoms with Gasteiger partial charge in [-0.05, 0) is 49.9 Å². The van der Waals surface area contributed by atoms with Crippen LogP contribution >= 0.6 is 0 Å². The minimum atomic E-state index is -0.809. The first-order valence-corrected chi connectivity index (χ1v) is 9.40. The van der Waals surface area contributed by atoms with E-state index in [1.54, 1.807) is 0 Å². The first-order chi connectivity index (χ1) is 14.3. The van der Waals surface area contributed by atoms with Gasteiger partial charge in [0.15, 0.2) is 0 Å². The molecule has 0 unspecified atom stereocenters. The lowest BCUT2D eigenvalue weighted by Gasteiger charge is -2.21. The van der Waals surface area contributed by atoms with Crippen molar-refractivity contribution >= 4 is 28.9 Å². The fourth-order valence-electron chi connectivity index (χ4n) is 3.23. The summed E-state index contributed by atoms with van der Waals surface area (Å²) in [6.07, 6.45) is 4.87. The molecule has 1 amide bonds. The second-order valence-electron chi connectivity index (χ2n) is 6.95. The third kappa shape index (κ3) is 5.16. The van der Waals surface area contributed by atoms with E-state index in [4.69, 9.17) is 4.74 Å². The highest BCUT2D eigenvalue weighted by Crippen LogP contribution is 2.24. The SMILES string of the molecule is O=C(Nc1ccc(C(=O)OC2CCCCC2)cc1)c1cc([N+](=O)[O-])cc([N+](=O)[O-])c1. The number of esters is 1. The van der Waals surface area contributed by atoms with E-state index in [0.29, 0.717) is 11.3 Å². The number of rotatable bonds is 6. The van der Waals surface area contributed by atoms with Crippen molar-refractivity contribution in [3.8, 4) is 0 Å². The number of nitro benzene ring substituents is 2. The molecule has 0 radical (unpaired) electrons. The number of carbonyl (C=O) groups excluding carboxylic acids is 2. The molecule has 0 aromatic heterocycles. The Kier molecular flexibility index (Phi) is 6.35. The molecule has 2 aromatic rings. The summed E-state index contributed by atoms with van der Waals surface area (Å²) in [7, 11) is 0. The molecule has 10 heteroatoms. The Morgan fingerprint density at radius 3 is 1.97 bits per heavy atom.